The second-order valence-corrected chi connectivity index (χ2v) is 5.87. The summed E-state index contributed by atoms with van der Waals surface area (Å²) in [4.78, 5) is 23.8. The van der Waals surface area contributed by atoms with Gasteiger partial charge < -0.3 is 19.5 Å². The van der Waals surface area contributed by atoms with E-state index in [2.05, 4.69) is 5.32 Å². The number of hydrogen-bond acceptors (Lipinski definition) is 5. The molecule has 0 saturated heterocycles. The minimum atomic E-state index is -0.630. The predicted molar refractivity (Wildman–Crippen MR) is 104 cm³/mol. The summed E-state index contributed by atoms with van der Waals surface area (Å²) in [6, 6.07) is 10.9. The first-order chi connectivity index (χ1) is 12.9. The number of esters is 1. The quantitative estimate of drug-likeness (QED) is 0.597. The third-order valence-electron chi connectivity index (χ3n) is 3.97. The molecule has 6 nitrogen and oxygen atoms in total. The third kappa shape index (κ3) is 5.60. The van der Waals surface area contributed by atoms with Crippen molar-refractivity contribution in [2.24, 2.45) is 0 Å². The molecule has 2 aromatic carbocycles. The number of rotatable bonds is 7. The van der Waals surface area contributed by atoms with Crippen LogP contribution in [0.3, 0.4) is 0 Å². The van der Waals surface area contributed by atoms with Gasteiger partial charge in [0.15, 0.2) is 18.1 Å². The summed E-state index contributed by atoms with van der Waals surface area (Å²) >= 11 is 0. The van der Waals surface area contributed by atoms with Crippen LogP contribution in [0.1, 0.15) is 16.7 Å². The van der Waals surface area contributed by atoms with E-state index in [1.165, 1.54) is 20.3 Å². The molecule has 142 valence electrons. The molecule has 0 aromatic heterocycles. The van der Waals surface area contributed by atoms with E-state index in [1.807, 2.05) is 26.0 Å². The zero-order valence-corrected chi connectivity index (χ0v) is 15.9. The van der Waals surface area contributed by atoms with Crippen molar-refractivity contribution in [3.8, 4) is 11.5 Å². The lowest BCUT2D eigenvalue weighted by Crippen LogP contribution is -2.20. The van der Waals surface area contributed by atoms with Crippen LogP contribution in [0.15, 0.2) is 42.5 Å². The Bertz CT molecular complexity index is 858. The number of nitrogens with one attached hydrogen (secondary N) is 1. The summed E-state index contributed by atoms with van der Waals surface area (Å²) in [6.45, 7) is 3.58. The van der Waals surface area contributed by atoms with Gasteiger partial charge in [0.1, 0.15) is 0 Å². The van der Waals surface area contributed by atoms with E-state index in [-0.39, 0.29) is 6.61 Å². The molecule has 0 unspecified atom stereocenters. The smallest absolute Gasteiger partial charge is 0.331 e. The van der Waals surface area contributed by atoms with E-state index >= 15 is 0 Å². The van der Waals surface area contributed by atoms with Crippen molar-refractivity contribution >= 4 is 23.6 Å². The molecule has 0 saturated carbocycles. The summed E-state index contributed by atoms with van der Waals surface area (Å²) in [6.07, 6.45) is 2.78. The van der Waals surface area contributed by atoms with Gasteiger partial charge in [-0.25, -0.2) is 4.79 Å². The average Bonchev–Trinajstić information content (AvgIpc) is 2.67. The third-order valence-corrected chi connectivity index (χ3v) is 3.97. The largest absolute Gasteiger partial charge is 0.493 e. The van der Waals surface area contributed by atoms with Crippen LogP contribution in [-0.4, -0.2) is 32.7 Å². The second-order valence-electron chi connectivity index (χ2n) is 5.87. The molecule has 0 fully saturated rings. The van der Waals surface area contributed by atoms with Gasteiger partial charge in [0, 0.05) is 17.3 Å². The van der Waals surface area contributed by atoms with Crippen LogP contribution < -0.4 is 14.8 Å². The lowest BCUT2D eigenvalue weighted by atomic mass is 10.1. The molecule has 6 heteroatoms. The Morgan fingerprint density at radius 1 is 1.04 bits per heavy atom. The van der Waals surface area contributed by atoms with Gasteiger partial charge in [-0.2, -0.15) is 0 Å². The number of methoxy groups -OCH3 is 2. The Morgan fingerprint density at radius 3 is 2.48 bits per heavy atom. The Morgan fingerprint density at radius 2 is 1.81 bits per heavy atom. The van der Waals surface area contributed by atoms with Crippen LogP contribution in [0.25, 0.3) is 6.08 Å². The molecular formula is C21H23NO5. The number of ether oxygens (including phenoxy) is 3. The summed E-state index contributed by atoms with van der Waals surface area (Å²) in [5.41, 5.74) is 3.53. The van der Waals surface area contributed by atoms with E-state index < -0.39 is 11.9 Å². The molecule has 2 rings (SSSR count). The van der Waals surface area contributed by atoms with E-state index in [0.29, 0.717) is 22.7 Å². The average molecular weight is 369 g/mol. The van der Waals surface area contributed by atoms with Gasteiger partial charge in [-0.05, 0) is 49.2 Å². The number of benzene rings is 2. The number of amides is 1. The van der Waals surface area contributed by atoms with Crippen molar-refractivity contribution in [3.05, 3.63) is 59.2 Å². The summed E-state index contributed by atoms with van der Waals surface area (Å²) in [5.74, 6) is 0.0337. The molecule has 27 heavy (non-hydrogen) atoms. The van der Waals surface area contributed by atoms with Gasteiger partial charge in [0.25, 0.3) is 5.91 Å². The van der Waals surface area contributed by atoms with Crippen molar-refractivity contribution in [2.45, 2.75) is 13.8 Å². The van der Waals surface area contributed by atoms with Gasteiger partial charge >= 0.3 is 5.97 Å². The van der Waals surface area contributed by atoms with Crippen LogP contribution in [0.2, 0.25) is 0 Å². The van der Waals surface area contributed by atoms with E-state index in [4.69, 9.17) is 14.2 Å². The number of carbonyl (C=O) groups is 2. The zero-order valence-electron chi connectivity index (χ0n) is 15.9. The first kappa shape index (κ1) is 20.0. The first-order valence-electron chi connectivity index (χ1n) is 8.37. The monoisotopic (exact) mass is 369 g/mol. The molecule has 1 amide bonds. The Hall–Kier alpha value is -3.28. The van der Waals surface area contributed by atoms with Gasteiger partial charge in [-0.1, -0.05) is 18.2 Å². The van der Waals surface area contributed by atoms with Crippen LogP contribution in [0, 0.1) is 13.8 Å². The molecular weight excluding hydrogens is 346 g/mol. The summed E-state index contributed by atoms with van der Waals surface area (Å²) < 4.78 is 15.5. The normalized spacial score (nSPS) is 10.5. The maximum Gasteiger partial charge on any atom is 0.331 e. The van der Waals surface area contributed by atoms with Crippen molar-refractivity contribution in [2.75, 3.05) is 26.1 Å². The topological polar surface area (TPSA) is 73.9 Å². The van der Waals surface area contributed by atoms with Crippen molar-refractivity contribution in [1.29, 1.82) is 0 Å². The van der Waals surface area contributed by atoms with E-state index in [1.54, 1.807) is 30.3 Å². The van der Waals surface area contributed by atoms with Crippen LogP contribution in [-0.2, 0) is 14.3 Å². The van der Waals surface area contributed by atoms with Gasteiger partial charge in [-0.15, -0.1) is 0 Å². The van der Waals surface area contributed by atoms with E-state index in [9.17, 15) is 9.59 Å². The number of hydrogen-bond donors (Lipinski definition) is 1. The minimum Gasteiger partial charge on any atom is -0.493 e. The molecule has 0 aliphatic heterocycles. The van der Waals surface area contributed by atoms with Gasteiger partial charge in [0.05, 0.1) is 14.2 Å². The minimum absolute atomic E-state index is 0.370. The molecule has 0 aliphatic carbocycles. The number of para-hydroxylation sites is 1. The van der Waals surface area contributed by atoms with Crippen molar-refractivity contribution in [1.82, 2.24) is 0 Å². The Labute approximate surface area is 158 Å². The molecule has 0 aliphatic rings. The lowest BCUT2D eigenvalue weighted by Gasteiger charge is -2.10. The molecule has 0 heterocycles. The molecule has 2 aromatic rings. The fourth-order valence-electron chi connectivity index (χ4n) is 2.40. The zero-order chi connectivity index (χ0) is 19.8. The van der Waals surface area contributed by atoms with Crippen molar-refractivity contribution in [3.63, 3.8) is 0 Å². The highest BCUT2D eigenvalue weighted by Crippen LogP contribution is 2.31. The maximum absolute atomic E-state index is 11.9. The molecule has 1 N–H and O–H groups in total. The van der Waals surface area contributed by atoms with Gasteiger partial charge in [0.2, 0.25) is 0 Å². The number of aryl methyl sites for hydroxylation is 2. The maximum atomic E-state index is 11.9. The Balaban J connectivity index is 1.91. The molecule has 0 atom stereocenters. The summed E-state index contributed by atoms with van der Waals surface area (Å²) in [5, 5.41) is 2.70. The molecule has 0 spiro atoms. The highest BCUT2D eigenvalue weighted by molar-refractivity contribution is 5.94. The first-order valence-corrected chi connectivity index (χ1v) is 8.37. The molecule has 0 bridgehead atoms. The van der Waals surface area contributed by atoms with Crippen LogP contribution in [0.4, 0.5) is 5.69 Å². The van der Waals surface area contributed by atoms with E-state index in [0.717, 1.165) is 11.1 Å². The molecule has 0 radical (unpaired) electrons. The number of carbonyl (C=O) groups excluding carboxylic acids is 2. The second kappa shape index (κ2) is 9.43. The van der Waals surface area contributed by atoms with Crippen LogP contribution >= 0.6 is 0 Å². The SMILES string of the molecule is COc1cccc(/C=C/C(=O)OCC(=O)Nc2ccc(C)c(C)c2)c1OC. The van der Waals surface area contributed by atoms with Crippen molar-refractivity contribution < 1.29 is 23.8 Å². The highest BCUT2D eigenvalue weighted by Gasteiger charge is 2.09. The Kier molecular flexibility index (Phi) is 7.00. The standard InChI is InChI=1S/C21H23NO5/c1-14-8-10-17(12-15(14)2)22-19(23)13-27-20(24)11-9-16-6-5-7-18(25-3)21(16)26-4/h5-12H,13H2,1-4H3,(H,22,23)/b11-9+. The fraction of sp³-hybridized carbons (Fsp3) is 0.238. The van der Waals surface area contributed by atoms with Gasteiger partial charge in [-0.3, -0.25) is 4.79 Å². The number of anilines is 1. The summed E-state index contributed by atoms with van der Waals surface area (Å²) in [7, 11) is 3.05. The lowest BCUT2D eigenvalue weighted by molar-refractivity contribution is -0.142. The predicted octanol–water partition coefficient (Wildman–Crippen LogP) is 3.52. The highest BCUT2D eigenvalue weighted by atomic mass is 16.5. The van der Waals surface area contributed by atoms with Crippen LogP contribution in [0.5, 0.6) is 11.5 Å². The fourth-order valence-corrected chi connectivity index (χ4v) is 2.40.